The van der Waals surface area contributed by atoms with E-state index in [1.165, 1.54) is 75.0 Å². The van der Waals surface area contributed by atoms with Crippen molar-refractivity contribution in [3.63, 3.8) is 0 Å². The molecule has 0 saturated carbocycles. The molecule has 0 aromatic heterocycles. The van der Waals surface area contributed by atoms with Crippen LogP contribution in [-0.4, -0.2) is 11.2 Å². The standard InChI is InChI=1S/C19H38O2S2/c1-3-4-5-6-7-8-9-10-11-12-13-14-18(16-19(20)21)15-17(2)23-22/h17-18,22H,3-16H2,1-2H3,(H,20,21)/p-1. The van der Waals surface area contributed by atoms with Gasteiger partial charge >= 0.3 is 0 Å². The van der Waals surface area contributed by atoms with E-state index in [1.807, 2.05) is 0 Å². The van der Waals surface area contributed by atoms with E-state index in [4.69, 9.17) is 0 Å². The smallest absolute Gasteiger partial charge is 0.0417 e. The molecule has 0 aliphatic carbocycles. The number of carbonyl (C=O) groups excluding carboxylic acids is 1. The lowest BCUT2D eigenvalue weighted by atomic mass is 9.93. The van der Waals surface area contributed by atoms with Gasteiger partial charge in [0.05, 0.1) is 0 Å². The third-order valence-electron chi connectivity index (χ3n) is 4.52. The van der Waals surface area contributed by atoms with Crippen molar-refractivity contribution >= 4 is 28.4 Å². The van der Waals surface area contributed by atoms with Crippen LogP contribution in [0.15, 0.2) is 0 Å². The molecule has 0 aliphatic heterocycles. The molecule has 0 bridgehead atoms. The molecule has 0 amide bonds. The number of carbonyl (C=O) groups is 1. The van der Waals surface area contributed by atoms with Gasteiger partial charge in [0.15, 0.2) is 0 Å². The Bertz CT molecular complexity index is 272. The molecule has 2 nitrogen and oxygen atoms in total. The molecule has 0 heterocycles. The summed E-state index contributed by atoms with van der Waals surface area (Å²) in [5.74, 6) is -0.650. The second-order valence-corrected chi connectivity index (χ2v) is 8.57. The van der Waals surface area contributed by atoms with E-state index in [1.54, 1.807) is 0 Å². The molecule has 0 aromatic rings. The van der Waals surface area contributed by atoms with Gasteiger partial charge in [-0.2, -0.15) is 0 Å². The zero-order valence-electron chi connectivity index (χ0n) is 15.2. The molecule has 23 heavy (non-hydrogen) atoms. The minimum Gasteiger partial charge on any atom is -0.550 e. The van der Waals surface area contributed by atoms with Gasteiger partial charge in [-0.15, -0.1) is 11.7 Å². The van der Waals surface area contributed by atoms with Gasteiger partial charge in [0.2, 0.25) is 0 Å². The first-order valence-corrected chi connectivity index (χ1v) is 11.5. The topological polar surface area (TPSA) is 40.1 Å². The van der Waals surface area contributed by atoms with Crippen LogP contribution in [0.2, 0.25) is 0 Å². The van der Waals surface area contributed by atoms with Crippen molar-refractivity contribution in [1.29, 1.82) is 0 Å². The number of unbranched alkanes of at least 4 members (excludes halogenated alkanes) is 10. The molecule has 0 radical (unpaired) electrons. The Balaban J connectivity index is 3.52. The quantitative estimate of drug-likeness (QED) is 0.202. The van der Waals surface area contributed by atoms with E-state index in [0.29, 0.717) is 5.25 Å². The summed E-state index contributed by atoms with van der Waals surface area (Å²) in [6.45, 7) is 4.37. The first-order valence-electron chi connectivity index (χ1n) is 9.60. The van der Waals surface area contributed by atoms with Gasteiger partial charge in [-0.25, -0.2) is 0 Å². The molecule has 0 spiro atoms. The van der Waals surface area contributed by atoms with Crippen molar-refractivity contribution < 1.29 is 9.90 Å². The Morgan fingerprint density at radius 3 is 1.87 bits per heavy atom. The van der Waals surface area contributed by atoms with Gasteiger partial charge < -0.3 is 9.90 Å². The number of thiol groups is 1. The molecule has 0 aliphatic rings. The summed E-state index contributed by atoms with van der Waals surface area (Å²) in [6.07, 6.45) is 16.8. The highest BCUT2D eigenvalue weighted by molar-refractivity contribution is 8.68. The molecule has 0 aromatic carbocycles. The Hall–Kier alpha value is 0.170. The van der Waals surface area contributed by atoms with Crippen LogP contribution in [0.5, 0.6) is 0 Å². The Kier molecular flexibility index (Phi) is 17.1. The second-order valence-electron chi connectivity index (χ2n) is 6.92. The lowest BCUT2D eigenvalue weighted by Crippen LogP contribution is -2.26. The van der Waals surface area contributed by atoms with Crippen LogP contribution >= 0.6 is 22.5 Å². The van der Waals surface area contributed by atoms with Crippen molar-refractivity contribution in [2.75, 3.05) is 0 Å². The van der Waals surface area contributed by atoms with Crippen LogP contribution in [0.1, 0.15) is 104 Å². The van der Waals surface area contributed by atoms with Crippen LogP contribution in [0.4, 0.5) is 0 Å². The van der Waals surface area contributed by atoms with Crippen LogP contribution in [0, 0.1) is 5.92 Å². The molecule has 0 N–H and O–H groups in total. The van der Waals surface area contributed by atoms with Crippen LogP contribution in [-0.2, 0) is 4.79 Å². The molecule has 4 heteroatoms. The number of hydrogen-bond acceptors (Lipinski definition) is 4. The summed E-state index contributed by atoms with van der Waals surface area (Å²) < 4.78 is 0. The summed E-state index contributed by atoms with van der Waals surface area (Å²) in [6, 6.07) is 0. The molecule has 2 atom stereocenters. The molecular weight excluding hydrogens is 324 g/mol. The zero-order valence-corrected chi connectivity index (χ0v) is 16.9. The van der Waals surface area contributed by atoms with Gasteiger partial charge in [0.1, 0.15) is 0 Å². The second kappa shape index (κ2) is 17.0. The van der Waals surface area contributed by atoms with Crippen molar-refractivity contribution in [2.24, 2.45) is 5.92 Å². The number of hydrogen-bond donors (Lipinski definition) is 1. The Morgan fingerprint density at radius 1 is 0.957 bits per heavy atom. The maximum Gasteiger partial charge on any atom is 0.0417 e. The van der Waals surface area contributed by atoms with Gasteiger partial charge in [0, 0.05) is 11.2 Å². The molecule has 2 unspecified atom stereocenters. The lowest BCUT2D eigenvalue weighted by molar-refractivity contribution is -0.306. The van der Waals surface area contributed by atoms with Gasteiger partial charge in [0.25, 0.3) is 0 Å². The zero-order chi connectivity index (χ0) is 17.3. The van der Waals surface area contributed by atoms with Crippen LogP contribution in [0.25, 0.3) is 0 Å². The molecule has 0 rings (SSSR count). The van der Waals surface area contributed by atoms with E-state index in [-0.39, 0.29) is 12.3 Å². The van der Waals surface area contributed by atoms with E-state index in [2.05, 4.69) is 25.5 Å². The van der Waals surface area contributed by atoms with Crippen molar-refractivity contribution in [3.8, 4) is 0 Å². The Morgan fingerprint density at radius 2 is 1.43 bits per heavy atom. The van der Waals surface area contributed by atoms with Crippen LogP contribution in [0.3, 0.4) is 0 Å². The average molecular weight is 362 g/mol. The number of rotatable bonds is 17. The van der Waals surface area contributed by atoms with Gasteiger partial charge in [-0.1, -0.05) is 102 Å². The van der Waals surface area contributed by atoms with E-state index in [9.17, 15) is 9.90 Å². The Labute approximate surface area is 153 Å². The predicted molar refractivity (Wildman–Crippen MR) is 105 cm³/mol. The van der Waals surface area contributed by atoms with Crippen molar-refractivity contribution in [2.45, 2.75) is 109 Å². The summed E-state index contributed by atoms with van der Waals surface area (Å²) >= 11 is 4.22. The fraction of sp³-hybridized carbons (Fsp3) is 0.947. The lowest BCUT2D eigenvalue weighted by Gasteiger charge is -2.20. The number of carboxylic acids is 1. The SMILES string of the molecule is CCCCCCCCCCCCCC(CC(=O)[O-])CC(C)SS. The molecule has 0 saturated heterocycles. The summed E-state index contributed by atoms with van der Waals surface area (Å²) in [5, 5.41) is 11.3. The van der Waals surface area contributed by atoms with Gasteiger partial charge in [-0.3, -0.25) is 0 Å². The monoisotopic (exact) mass is 361 g/mol. The average Bonchev–Trinajstić information content (AvgIpc) is 2.51. The van der Waals surface area contributed by atoms with Gasteiger partial charge in [-0.05, 0) is 18.8 Å². The predicted octanol–water partition coefficient (Wildman–Crippen LogP) is 5.80. The highest BCUT2D eigenvalue weighted by atomic mass is 33.1. The maximum atomic E-state index is 10.8. The third kappa shape index (κ3) is 16.8. The maximum absolute atomic E-state index is 10.8. The minimum absolute atomic E-state index is 0.205. The normalized spacial score (nSPS) is 13.9. The summed E-state index contributed by atoms with van der Waals surface area (Å²) in [4.78, 5) is 10.8. The first-order chi connectivity index (χ1) is 11.1. The number of carboxylic acid groups (broad SMARTS) is 1. The highest BCUT2D eigenvalue weighted by Crippen LogP contribution is 2.27. The third-order valence-corrected chi connectivity index (χ3v) is 6.15. The molecule has 138 valence electrons. The van der Waals surface area contributed by atoms with E-state index >= 15 is 0 Å². The largest absolute Gasteiger partial charge is 0.550 e. The fourth-order valence-corrected chi connectivity index (χ4v) is 3.77. The van der Waals surface area contributed by atoms with Crippen molar-refractivity contribution in [1.82, 2.24) is 0 Å². The highest BCUT2D eigenvalue weighted by Gasteiger charge is 2.13. The van der Waals surface area contributed by atoms with Crippen LogP contribution < -0.4 is 5.11 Å². The number of aliphatic carboxylic acids is 1. The molecular formula is C19H37O2S2-. The summed E-state index contributed by atoms with van der Waals surface area (Å²) in [5.41, 5.74) is 0. The van der Waals surface area contributed by atoms with E-state index in [0.717, 1.165) is 19.3 Å². The minimum atomic E-state index is -0.908. The first kappa shape index (κ1) is 23.2. The van der Waals surface area contributed by atoms with E-state index < -0.39 is 5.97 Å². The molecule has 0 fully saturated rings. The fourth-order valence-electron chi connectivity index (χ4n) is 3.15. The van der Waals surface area contributed by atoms with Crippen molar-refractivity contribution in [3.05, 3.63) is 0 Å². The summed E-state index contributed by atoms with van der Waals surface area (Å²) in [7, 11) is 1.52.